The van der Waals surface area contributed by atoms with Crippen LogP contribution in [-0.2, 0) is 25.5 Å². The molecule has 45 heavy (non-hydrogen) atoms. The number of carbonyl (C=O) groups excluding carboxylic acids is 2. The van der Waals surface area contributed by atoms with Gasteiger partial charge in [0.2, 0.25) is 5.88 Å². The highest BCUT2D eigenvalue weighted by Gasteiger charge is 2.21. The van der Waals surface area contributed by atoms with Gasteiger partial charge in [-0.25, -0.2) is 4.98 Å². The second kappa shape index (κ2) is 18.2. The second-order valence-electron chi connectivity index (χ2n) is 10.9. The Labute approximate surface area is 266 Å². The number of pyridine rings is 1. The highest BCUT2D eigenvalue weighted by Crippen LogP contribution is 2.29. The quantitative estimate of drug-likeness (QED) is 0.0832. The lowest BCUT2D eigenvalue weighted by Crippen LogP contribution is -2.19. The number of nitrogens with zero attached hydrogens (tertiary/aromatic N) is 1. The van der Waals surface area contributed by atoms with Crippen LogP contribution in [0.2, 0.25) is 0 Å². The maximum absolute atomic E-state index is 12.6. The molecule has 236 valence electrons. The average molecular weight is 610 g/mol. The number of hydrogen-bond acceptors (Lipinski definition) is 7. The summed E-state index contributed by atoms with van der Waals surface area (Å²) in [6, 6.07) is 32.2. The van der Waals surface area contributed by atoms with E-state index in [0.29, 0.717) is 38.4 Å². The first-order valence-electron chi connectivity index (χ1n) is 15.7. The van der Waals surface area contributed by atoms with Gasteiger partial charge in [0.25, 0.3) is 0 Å². The van der Waals surface area contributed by atoms with E-state index in [1.165, 1.54) is 14.2 Å². The van der Waals surface area contributed by atoms with E-state index >= 15 is 0 Å². The van der Waals surface area contributed by atoms with Gasteiger partial charge < -0.3 is 18.9 Å². The number of esters is 2. The van der Waals surface area contributed by atoms with Gasteiger partial charge in [0.05, 0.1) is 39.0 Å². The molecule has 1 unspecified atom stereocenters. The van der Waals surface area contributed by atoms with Crippen molar-refractivity contribution in [2.45, 2.75) is 51.4 Å². The zero-order valence-corrected chi connectivity index (χ0v) is 26.3. The minimum atomic E-state index is -0.257. The van der Waals surface area contributed by atoms with Crippen LogP contribution < -0.4 is 9.47 Å². The highest BCUT2D eigenvalue weighted by atomic mass is 16.5. The van der Waals surface area contributed by atoms with Crippen molar-refractivity contribution in [1.29, 1.82) is 0 Å². The summed E-state index contributed by atoms with van der Waals surface area (Å²) >= 11 is 0. The molecule has 0 N–H and O–H groups in total. The summed E-state index contributed by atoms with van der Waals surface area (Å²) in [4.78, 5) is 28.8. The van der Waals surface area contributed by atoms with E-state index in [2.05, 4.69) is 35.1 Å². The number of unbranched alkanes of at least 4 members (excludes halogenated alkanes) is 3. The molecule has 0 aliphatic heterocycles. The van der Waals surface area contributed by atoms with Gasteiger partial charge in [-0.05, 0) is 54.5 Å². The van der Waals surface area contributed by atoms with Crippen LogP contribution in [0.15, 0.2) is 97.1 Å². The second-order valence-corrected chi connectivity index (χ2v) is 10.9. The van der Waals surface area contributed by atoms with Crippen LogP contribution in [0, 0.1) is 5.92 Å². The van der Waals surface area contributed by atoms with E-state index < -0.39 is 0 Å². The zero-order chi connectivity index (χ0) is 31.7. The third-order valence-corrected chi connectivity index (χ3v) is 7.66. The van der Waals surface area contributed by atoms with Crippen molar-refractivity contribution in [1.82, 2.24) is 4.98 Å². The molecule has 7 nitrogen and oxygen atoms in total. The molecule has 0 saturated heterocycles. The van der Waals surface area contributed by atoms with Gasteiger partial charge in [0.1, 0.15) is 5.75 Å². The Kier molecular flexibility index (Phi) is 13.5. The Bertz CT molecular complexity index is 1420. The van der Waals surface area contributed by atoms with E-state index in [1.54, 1.807) is 0 Å². The number of aromatic nitrogens is 1. The average Bonchev–Trinajstić information content (AvgIpc) is 3.09. The minimum Gasteiger partial charge on any atom is -0.493 e. The molecule has 0 spiro atoms. The summed E-state index contributed by atoms with van der Waals surface area (Å²) in [6.45, 7) is 0.970. The molecule has 0 saturated carbocycles. The Balaban J connectivity index is 1.26. The molecule has 0 aliphatic carbocycles. The predicted octanol–water partition coefficient (Wildman–Crippen LogP) is 8.11. The third-order valence-electron chi connectivity index (χ3n) is 7.66. The Hall–Kier alpha value is -4.65. The summed E-state index contributed by atoms with van der Waals surface area (Å²) in [5.41, 5.74) is 5.08. The molecule has 4 rings (SSSR count). The Morgan fingerprint density at radius 3 is 2.07 bits per heavy atom. The molecule has 1 atom stereocenters. The van der Waals surface area contributed by atoms with Gasteiger partial charge in [-0.15, -0.1) is 0 Å². The smallest absolute Gasteiger partial charge is 0.308 e. The molecule has 1 heterocycles. The minimum absolute atomic E-state index is 0.211. The van der Waals surface area contributed by atoms with E-state index in [1.807, 2.05) is 66.7 Å². The Morgan fingerprint density at radius 1 is 0.667 bits per heavy atom. The number of para-hydroxylation sites is 1. The summed E-state index contributed by atoms with van der Waals surface area (Å²) in [5, 5.41) is 0. The fourth-order valence-electron chi connectivity index (χ4n) is 5.21. The monoisotopic (exact) mass is 609 g/mol. The fourth-order valence-corrected chi connectivity index (χ4v) is 5.21. The summed E-state index contributed by atoms with van der Waals surface area (Å²) in [5.74, 6) is 0.626. The fraction of sp³-hybridized carbons (Fsp3) is 0.342. The predicted molar refractivity (Wildman–Crippen MR) is 176 cm³/mol. The van der Waals surface area contributed by atoms with Crippen molar-refractivity contribution in [3.8, 4) is 34.0 Å². The maximum atomic E-state index is 12.6. The van der Waals surface area contributed by atoms with Crippen molar-refractivity contribution in [3.63, 3.8) is 0 Å². The maximum Gasteiger partial charge on any atom is 0.308 e. The summed E-state index contributed by atoms with van der Waals surface area (Å²) < 4.78 is 21.9. The van der Waals surface area contributed by atoms with Gasteiger partial charge in [-0.3, -0.25) is 9.59 Å². The van der Waals surface area contributed by atoms with Crippen molar-refractivity contribution in [2.75, 3.05) is 27.4 Å². The molecular weight excluding hydrogens is 566 g/mol. The normalized spacial score (nSPS) is 11.4. The van der Waals surface area contributed by atoms with Gasteiger partial charge in [-0.2, -0.15) is 0 Å². The molecule has 0 amide bonds. The van der Waals surface area contributed by atoms with Crippen LogP contribution in [0.5, 0.6) is 11.6 Å². The lowest BCUT2D eigenvalue weighted by molar-refractivity contribution is -0.145. The van der Waals surface area contributed by atoms with Gasteiger partial charge >= 0.3 is 11.9 Å². The molecule has 0 radical (unpaired) electrons. The van der Waals surface area contributed by atoms with E-state index in [4.69, 9.17) is 19.2 Å². The van der Waals surface area contributed by atoms with Crippen LogP contribution in [-0.4, -0.2) is 44.4 Å². The van der Waals surface area contributed by atoms with Gasteiger partial charge in [-0.1, -0.05) is 98.1 Å². The lowest BCUT2D eigenvalue weighted by Gasteiger charge is -2.17. The topological polar surface area (TPSA) is 84.0 Å². The highest BCUT2D eigenvalue weighted by molar-refractivity contribution is 5.73. The Morgan fingerprint density at radius 2 is 1.33 bits per heavy atom. The van der Waals surface area contributed by atoms with Crippen LogP contribution in [0.25, 0.3) is 22.4 Å². The van der Waals surface area contributed by atoms with Crippen molar-refractivity contribution in [2.24, 2.45) is 5.92 Å². The SMILES string of the molecule is COC(=O)CCCOc1ccccc1CC(CCCCCCOc1cc(-c2ccccc2)cc(-c2ccccc2)n1)C(=O)OC. The lowest BCUT2D eigenvalue weighted by atomic mass is 9.93. The largest absolute Gasteiger partial charge is 0.493 e. The van der Waals surface area contributed by atoms with Crippen molar-refractivity contribution >= 4 is 11.9 Å². The first-order chi connectivity index (χ1) is 22.1. The van der Waals surface area contributed by atoms with E-state index in [9.17, 15) is 9.59 Å². The van der Waals surface area contributed by atoms with E-state index in [-0.39, 0.29) is 17.9 Å². The first-order valence-corrected chi connectivity index (χ1v) is 15.7. The first kappa shape index (κ1) is 33.2. The summed E-state index contributed by atoms with van der Waals surface area (Å²) in [6.07, 6.45) is 5.90. The van der Waals surface area contributed by atoms with Crippen LogP contribution >= 0.6 is 0 Å². The van der Waals surface area contributed by atoms with Crippen molar-refractivity contribution in [3.05, 3.63) is 103 Å². The molecular formula is C38H43NO6. The van der Waals surface area contributed by atoms with Crippen LogP contribution in [0.1, 0.15) is 50.5 Å². The van der Waals surface area contributed by atoms with Crippen molar-refractivity contribution < 1.29 is 28.5 Å². The number of hydrogen-bond donors (Lipinski definition) is 0. The number of benzene rings is 3. The number of carbonyl (C=O) groups is 2. The van der Waals surface area contributed by atoms with Crippen LogP contribution in [0.4, 0.5) is 0 Å². The van der Waals surface area contributed by atoms with Crippen LogP contribution in [0.3, 0.4) is 0 Å². The number of methoxy groups -OCH3 is 2. The van der Waals surface area contributed by atoms with E-state index in [0.717, 1.165) is 65.8 Å². The zero-order valence-electron chi connectivity index (χ0n) is 26.3. The molecule has 1 aromatic heterocycles. The standard InChI is InChI=1S/C38H43NO6/c1-42-37(40)23-15-25-44-35-22-13-12-20-31(35)26-32(38(41)43-2)21-7-3-4-14-24-45-36-28-33(29-16-8-5-9-17-29)27-34(39-36)30-18-10-6-11-19-30/h5-6,8-13,16-20,22,27-28,32H,3-4,7,14-15,21,23-26H2,1-2H3. The number of ether oxygens (including phenoxy) is 4. The van der Waals surface area contributed by atoms with Gasteiger partial charge in [0, 0.05) is 18.1 Å². The molecule has 0 fully saturated rings. The molecule has 4 aromatic rings. The number of rotatable bonds is 18. The molecule has 7 heteroatoms. The third kappa shape index (κ3) is 10.8. The molecule has 0 bridgehead atoms. The molecule has 0 aliphatic rings. The summed E-state index contributed by atoms with van der Waals surface area (Å²) in [7, 11) is 2.82. The molecule has 3 aromatic carbocycles. The van der Waals surface area contributed by atoms with Gasteiger partial charge in [0.15, 0.2) is 0 Å².